The van der Waals surface area contributed by atoms with Gasteiger partial charge >= 0.3 is 12.1 Å². The number of nitrogens with one attached hydrogen (secondary N) is 2. The van der Waals surface area contributed by atoms with E-state index in [1.165, 1.54) is 6.07 Å². The number of halogens is 3. The van der Waals surface area contributed by atoms with Crippen molar-refractivity contribution in [3.8, 4) is 0 Å². The molecule has 122 valence electrons. The Bertz CT molecular complexity index is 594. The SMILES string of the molecule is CC(C)(C)Nc1nc(C(=O)O)cc2c1NCC(C(F)(F)F)C2. The number of hydrogen-bond acceptors (Lipinski definition) is 4. The van der Waals surface area contributed by atoms with Crippen LogP contribution >= 0.6 is 0 Å². The number of rotatable bonds is 2. The number of carbonyl (C=O) groups is 1. The molecule has 2 rings (SSSR count). The zero-order chi connectivity index (χ0) is 16.7. The highest BCUT2D eigenvalue weighted by Gasteiger charge is 2.42. The summed E-state index contributed by atoms with van der Waals surface area (Å²) in [4.78, 5) is 15.2. The van der Waals surface area contributed by atoms with Crippen LogP contribution in [0.5, 0.6) is 0 Å². The first kappa shape index (κ1) is 16.4. The largest absolute Gasteiger partial charge is 0.477 e. The molecular weight excluding hydrogens is 299 g/mol. The molecular formula is C14H18F3N3O2. The van der Waals surface area contributed by atoms with Gasteiger partial charge in [0.15, 0.2) is 11.5 Å². The number of alkyl halides is 3. The van der Waals surface area contributed by atoms with Gasteiger partial charge < -0.3 is 15.7 Å². The number of pyridine rings is 1. The fraction of sp³-hybridized carbons (Fsp3) is 0.571. The Morgan fingerprint density at radius 2 is 2.05 bits per heavy atom. The molecule has 0 aliphatic carbocycles. The fourth-order valence-corrected chi connectivity index (χ4v) is 2.31. The van der Waals surface area contributed by atoms with E-state index in [4.69, 9.17) is 5.11 Å². The quantitative estimate of drug-likeness (QED) is 0.781. The third-order valence-electron chi connectivity index (χ3n) is 3.27. The van der Waals surface area contributed by atoms with Gasteiger partial charge in [0.05, 0.1) is 11.6 Å². The molecule has 0 fully saturated rings. The van der Waals surface area contributed by atoms with Crippen molar-refractivity contribution in [2.45, 2.75) is 38.9 Å². The number of anilines is 2. The first-order valence-electron chi connectivity index (χ1n) is 6.83. The maximum absolute atomic E-state index is 12.9. The Labute approximate surface area is 125 Å². The maximum Gasteiger partial charge on any atom is 0.393 e. The predicted molar refractivity (Wildman–Crippen MR) is 76.3 cm³/mol. The van der Waals surface area contributed by atoms with Gasteiger partial charge in [-0.2, -0.15) is 13.2 Å². The molecule has 1 aromatic heterocycles. The molecule has 0 aromatic carbocycles. The van der Waals surface area contributed by atoms with Gasteiger partial charge in [0.25, 0.3) is 0 Å². The molecule has 2 heterocycles. The zero-order valence-corrected chi connectivity index (χ0v) is 12.5. The third-order valence-corrected chi connectivity index (χ3v) is 3.27. The molecule has 0 saturated carbocycles. The number of fused-ring (bicyclic) bond motifs is 1. The van der Waals surface area contributed by atoms with Crippen molar-refractivity contribution >= 4 is 17.5 Å². The van der Waals surface area contributed by atoms with Crippen LogP contribution in [0, 0.1) is 5.92 Å². The molecule has 0 bridgehead atoms. The highest BCUT2D eigenvalue weighted by atomic mass is 19.4. The summed E-state index contributed by atoms with van der Waals surface area (Å²) in [6, 6.07) is 1.20. The standard InChI is InChI=1S/C14H18F3N3O2/c1-13(2,3)20-11-10-7(5-9(19-11)12(21)22)4-8(6-18-10)14(15,16)17/h5,8,18H,4,6H2,1-3H3,(H,19,20)(H,21,22). The first-order chi connectivity index (χ1) is 9.97. The second kappa shape index (κ2) is 5.33. The Morgan fingerprint density at radius 1 is 1.41 bits per heavy atom. The third kappa shape index (κ3) is 3.61. The number of nitrogens with zero attached hydrogens (tertiary/aromatic N) is 1. The normalized spacial score (nSPS) is 18.4. The van der Waals surface area contributed by atoms with E-state index in [0.29, 0.717) is 11.3 Å². The van der Waals surface area contributed by atoms with E-state index >= 15 is 0 Å². The summed E-state index contributed by atoms with van der Waals surface area (Å²) in [5, 5.41) is 14.9. The summed E-state index contributed by atoms with van der Waals surface area (Å²) in [5.74, 6) is -2.54. The van der Waals surface area contributed by atoms with Crippen LogP contribution in [0.3, 0.4) is 0 Å². The highest BCUT2D eigenvalue weighted by Crippen LogP contribution is 2.38. The van der Waals surface area contributed by atoms with Crippen LogP contribution in [0.1, 0.15) is 36.8 Å². The average molecular weight is 317 g/mol. The number of carboxylic acids is 1. The molecule has 1 atom stereocenters. The van der Waals surface area contributed by atoms with E-state index in [2.05, 4.69) is 15.6 Å². The summed E-state index contributed by atoms with van der Waals surface area (Å²) in [6.45, 7) is 5.32. The summed E-state index contributed by atoms with van der Waals surface area (Å²) in [5.41, 5.74) is 0.0868. The van der Waals surface area contributed by atoms with Crippen LogP contribution < -0.4 is 10.6 Å². The second-order valence-electron chi connectivity index (χ2n) is 6.39. The van der Waals surface area contributed by atoms with Gasteiger partial charge in [0.2, 0.25) is 0 Å². The summed E-state index contributed by atoms with van der Waals surface area (Å²) in [6.07, 6.45) is -4.58. The Hall–Kier alpha value is -1.99. The molecule has 1 aliphatic rings. The molecule has 1 aliphatic heterocycles. The highest BCUT2D eigenvalue weighted by molar-refractivity contribution is 5.88. The van der Waals surface area contributed by atoms with Gasteiger partial charge in [0, 0.05) is 12.1 Å². The number of aromatic carboxylic acids is 1. The minimum Gasteiger partial charge on any atom is -0.477 e. The predicted octanol–water partition coefficient (Wildman–Crippen LogP) is 3.14. The van der Waals surface area contributed by atoms with Crippen LogP contribution in [0.4, 0.5) is 24.7 Å². The van der Waals surface area contributed by atoms with Crippen LogP contribution in [-0.2, 0) is 6.42 Å². The van der Waals surface area contributed by atoms with E-state index in [-0.39, 0.29) is 24.5 Å². The van der Waals surface area contributed by atoms with Gasteiger partial charge in [-0.15, -0.1) is 0 Å². The van der Waals surface area contributed by atoms with Crippen molar-refractivity contribution in [3.63, 3.8) is 0 Å². The van der Waals surface area contributed by atoms with Gasteiger partial charge in [-0.1, -0.05) is 0 Å². The van der Waals surface area contributed by atoms with Crippen LogP contribution in [0.15, 0.2) is 6.07 Å². The van der Waals surface area contributed by atoms with E-state index in [1.807, 2.05) is 20.8 Å². The Morgan fingerprint density at radius 3 is 2.55 bits per heavy atom. The van der Waals surface area contributed by atoms with Crippen LogP contribution in [0.25, 0.3) is 0 Å². The van der Waals surface area contributed by atoms with Gasteiger partial charge in [-0.05, 0) is 38.8 Å². The summed E-state index contributed by atoms with van der Waals surface area (Å²) >= 11 is 0. The number of hydrogen-bond donors (Lipinski definition) is 3. The van der Waals surface area contributed by atoms with Gasteiger partial charge in [-0.25, -0.2) is 9.78 Å². The van der Waals surface area contributed by atoms with E-state index in [1.54, 1.807) is 0 Å². The molecule has 0 spiro atoms. The first-order valence-corrected chi connectivity index (χ1v) is 6.83. The minimum atomic E-state index is -4.32. The van der Waals surface area contributed by atoms with E-state index < -0.39 is 23.6 Å². The Kier molecular flexibility index (Phi) is 3.97. The van der Waals surface area contributed by atoms with Crippen molar-refractivity contribution in [1.82, 2.24) is 4.98 Å². The lowest BCUT2D eigenvalue weighted by Crippen LogP contribution is -2.36. The van der Waals surface area contributed by atoms with Crippen molar-refractivity contribution < 1.29 is 23.1 Å². The minimum absolute atomic E-state index is 0.247. The molecule has 1 aromatic rings. The molecule has 1 unspecified atom stereocenters. The molecule has 0 radical (unpaired) electrons. The molecule has 5 nitrogen and oxygen atoms in total. The molecule has 3 N–H and O–H groups in total. The topological polar surface area (TPSA) is 74.2 Å². The lowest BCUT2D eigenvalue weighted by Gasteiger charge is -2.31. The lowest BCUT2D eigenvalue weighted by atomic mass is 9.93. The monoisotopic (exact) mass is 317 g/mol. The number of carboxylic acid groups (broad SMARTS) is 1. The second-order valence-corrected chi connectivity index (χ2v) is 6.39. The van der Waals surface area contributed by atoms with Crippen LogP contribution in [-0.4, -0.2) is 34.3 Å². The number of aromatic nitrogens is 1. The van der Waals surface area contributed by atoms with Gasteiger partial charge in [0.1, 0.15) is 0 Å². The van der Waals surface area contributed by atoms with E-state index in [0.717, 1.165) is 0 Å². The molecule has 0 saturated heterocycles. The van der Waals surface area contributed by atoms with Crippen molar-refractivity contribution in [3.05, 3.63) is 17.3 Å². The zero-order valence-electron chi connectivity index (χ0n) is 12.5. The van der Waals surface area contributed by atoms with Crippen LogP contribution in [0.2, 0.25) is 0 Å². The fourth-order valence-electron chi connectivity index (χ4n) is 2.31. The average Bonchev–Trinajstić information content (AvgIpc) is 2.34. The summed E-state index contributed by atoms with van der Waals surface area (Å²) < 4.78 is 38.6. The Balaban J connectivity index is 2.46. The molecule has 22 heavy (non-hydrogen) atoms. The molecule has 0 amide bonds. The van der Waals surface area contributed by atoms with Crippen molar-refractivity contribution in [1.29, 1.82) is 0 Å². The molecule has 8 heteroatoms. The lowest BCUT2D eigenvalue weighted by molar-refractivity contribution is -0.170. The summed E-state index contributed by atoms with van der Waals surface area (Å²) in [7, 11) is 0. The van der Waals surface area contributed by atoms with Gasteiger partial charge in [-0.3, -0.25) is 0 Å². The van der Waals surface area contributed by atoms with Crippen molar-refractivity contribution in [2.24, 2.45) is 5.92 Å². The van der Waals surface area contributed by atoms with Crippen molar-refractivity contribution in [2.75, 3.05) is 17.2 Å². The smallest absolute Gasteiger partial charge is 0.393 e. The maximum atomic E-state index is 12.9. The van der Waals surface area contributed by atoms with E-state index in [9.17, 15) is 18.0 Å².